The molecule has 0 heterocycles. The molecule has 0 atom stereocenters. The van der Waals surface area contributed by atoms with Crippen LogP contribution in [0.25, 0.3) is 0 Å². The van der Waals surface area contributed by atoms with Crippen molar-refractivity contribution in [2.75, 3.05) is 6.54 Å². The molecule has 0 aromatic heterocycles. The number of fused-ring (bicyclic) bond motifs is 2. The van der Waals surface area contributed by atoms with E-state index in [1.165, 1.54) is 22.3 Å². The Morgan fingerprint density at radius 1 is 1.05 bits per heavy atom. The molecule has 0 unspecified atom stereocenters. The van der Waals surface area contributed by atoms with Gasteiger partial charge in [-0.25, -0.2) is 0 Å². The average molecular weight is 270 g/mol. The van der Waals surface area contributed by atoms with Gasteiger partial charge >= 0.3 is 0 Å². The maximum absolute atomic E-state index is 5.89. The third kappa shape index (κ3) is 2.44. The molecule has 0 bridgehead atoms. The fourth-order valence-electron chi connectivity index (χ4n) is 2.76. The van der Waals surface area contributed by atoms with Crippen LogP contribution < -0.4 is 5.32 Å². The molecule has 2 aromatic carbocycles. The van der Waals surface area contributed by atoms with Crippen molar-refractivity contribution in [3.63, 3.8) is 0 Å². The predicted molar refractivity (Wildman–Crippen MR) is 80.5 cm³/mol. The minimum Gasteiger partial charge on any atom is -0.301 e. The summed E-state index contributed by atoms with van der Waals surface area (Å²) in [5, 5.41) is 4.14. The van der Waals surface area contributed by atoms with Gasteiger partial charge in [0.25, 0.3) is 0 Å². The molecule has 0 fully saturated rings. The molecule has 0 spiro atoms. The van der Waals surface area contributed by atoms with E-state index in [2.05, 4.69) is 60.4 Å². The van der Waals surface area contributed by atoms with E-state index in [9.17, 15) is 0 Å². The Bertz CT molecular complexity index is 573. The van der Waals surface area contributed by atoms with Crippen molar-refractivity contribution >= 4 is 11.6 Å². The molecule has 3 rings (SSSR count). The standard InChI is InChI=1S/C17H16ClN/c1-12(18)11-19-17-15-8-4-2-6-13(15)10-14-7-3-5-9-16(14)17/h2-9,17,19H,1,10-11H2. The lowest BCUT2D eigenvalue weighted by molar-refractivity contribution is 0.628. The van der Waals surface area contributed by atoms with Crippen molar-refractivity contribution < 1.29 is 0 Å². The minimum atomic E-state index is 0.205. The van der Waals surface area contributed by atoms with Gasteiger partial charge in [-0.3, -0.25) is 0 Å². The van der Waals surface area contributed by atoms with E-state index in [0.717, 1.165) is 6.42 Å². The summed E-state index contributed by atoms with van der Waals surface area (Å²) < 4.78 is 0. The normalized spacial score (nSPS) is 13.7. The Labute approximate surface area is 118 Å². The van der Waals surface area contributed by atoms with Gasteiger partial charge in [-0.15, -0.1) is 0 Å². The summed E-state index contributed by atoms with van der Waals surface area (Å²) >= 11 is 5.89. The fourth-order valence-corrected chi connectivity index (χ4v) is 2.84. The van der Waals surface area contributed by atoms with Crippen molar-refractivity contribution in [1.82, 2.24) is 5.32 Å². The first-order valence-corrected chi connectivity index (χ1v) is 6.86. The van der Waals surface area contributed by atoms with Gasteiger partial charge in [0.2, 0.25) is 0 Å². The first-order valence-electron chi connectivity index (χ1n) is 6.48. The van der Waals surface area contributed by atoms with Crippen LogP contribution in [0.4, 0.5) is 0 Å². The highest BCUT2D eigenvalue weighted by atomic mass is 35.5. The largest absolute Gasteiger partial charge is 0.301 e. The summed E-state index contributed by atoms with van der Waals surface area (Å²) in [6.45, 7) is 4.37. The van der Waals surface area contributed by atoms with Gasteiger partial charge in [-0.1, -0.05) is 66.7 Å². The molecule has 0 radical (unpaired) electrons. The number of halogens is 1. The quantitative estimate of drug-likeness (QED) is 0.887. The van der Waals surface area contributed by atoms with Crippen LogP contribution in [-0.2, 0) is 6.42 Å². The van der Waals surface area contributed by atoms with Gasteiger partial charge in [-0.2, -0.15) is 0 Å². The van der Waals surface area contributed by atoms with Gasteiger partial charge in [0.05, 0.1) is 6.04 Å². The zero-order valence-corrected chi connectivity index (χ0v) is 11.5. The zero-order valence-electron chi connectivity index (χ0n) is 10.7. The molecule has 1 nitrogen and oxygen atoms in total. The summed E-state index contributed by atoms with van der Waals surface area (Å²) in [4.78, 5) is 0. The van der Waals surface area contributed by atoms with Gasteiger partial charge in [0.1, 0.15) is 0 Å². The van der Waals surface area contributed by atoms with Gasteiger partial charge in [0, 0.05) is 11.6 Å². The highest BCUT2D eigenvalue weighted by Crippen LogP contribution is 2.34. The third-order valence-electron chi connectivity index (χ3n) is 3.61. The molecular formula is C17H16ClN. The van der Waals surface area contributed by atoms with Crippen LogP contribution in [0.5, 0.6) is 0 Å². The molecule has 1 N–H and O–H groups in total. The van der Waals surface area contributed by atoms with Gasteiger partial charge < -0.3 is 5.32 Å². The topological polar surface area (TPSA) is 12.0 Å². The highest BCUT2D eigenvalue weighted by molar-refractivity contribution is 6.29. The van der Waals surface area contributed by atoms with Gasteiger partial charge in [-0.05, 0) is 28.7 Å². The van der Waals surface area contributed by atoms with E-state index in [1.54, 1.807) is 0 Å². The molecule has 0 amide bonds. The van der Waals surface area contributed by atoms with E-state index >= 15 is 0 Å². The summed E-state index contributed by atoms with van der Waals surface area (Å²) in [7, 11) is 0. The smallest absolute Gasteiger partial charge is 0.0585 e. The molecule has 96 valence electrons. The number of nitrogens with one attached hydrogen (secondary N) is 1. The molecule has 0 saturated heterocycles. The van der Waals surface area contributed by atoms with Crippen molar-refractivity contribution in [2.45, 2.75) is 12.5 Å². The lowest BCUT2D eigenvalue weighted by atomic mass is 9.82. The second-order valence-electron chi connectivity index (χ2n) is 4.91. The molecule has 2 aromatic rings. The van der Waals surface area contributed by atoms with Gasteiger partial charge in [0.15, 0.2) is 0 Å². The number of hydrogen-bond acceptors (Lipinski definition) is 1. The van der Waals surface area contributed by atoms with Crippen molar-refractivity contribution in [2.24, 2.45) is 0 Å². The Morgan fingerprint density at radius 3 is 2.11 bits per heavy atom. The number of benzene rings is 2. The van der Waals surface area contributed by atoms with Crippen LogP contribution >= 0.6 is 11.6 Å². The summed E-state index contributed by atoms with van der Waals surface area (Å²) in [5.41, 5.74) is 5.47. The molecule has 1 aliphatic carbocycles. The molecule has 1 aliphatic rings. The molecule has 2 heteroatoms. The predicted octanol–water partition coefficient (Wildman–Crippen LogP) is 4.02. The maximum atomic E-state index is 5.89. The van der Waals surface area contributed by atoms with E-state index in [1.807, 2.05) is 0 Å². The summed E-state index contributed by atoms with van der Waals surface area (Å²) in [6, 6.07) is 17.4. The van der Waals surface area contributed by atoms with E-state index in [-0.39, 0.29) is 6.04 Å². The first kappa shape index (κ1) is 12.5. The van der Waals surface area contributed by atoms with Crippen LogP contribution in [0.1, 0.15) is 28.3 Å². The minimum absolute atomic E-state index is 0.205. The SMILES string of the molecule is C=C(Cl)CNC1c2ccccc2Cc2ccccc21. The fraction of sp³-hybridized carbons (Fsp3) is 0.176. The Balaban J connectivity index is 2.03. The second-order valence-corrected chi connectivity index (χ2v) is 5.44. The summed E-state index contributed by atoms with van der Waals surface area (Å²) in [6.07, 6.45) is 1.01. The van der Waals surface area contributed by atoms with Crippen LogP contribution in [-0.4, -0.2) is 6.54 Å². The summed E-state index contributed by atoms with van der Waals surface area (Å²) in [5.74, 6) is 0. The zero-order chi connectivity index (χ0) is 13.2. The van der Waals surface area contributed by atoms with Crippen molar-refractivity contribution in [3.8, 4) is 0 Å². The molecule has 0 aliphatic heterocycles. The highest BCUT2D eigenvalue weighted by Gasteiger charge is 2.24. The molecule has 19 heavy (non-hydrogen) atoms. The average Bonchev–Trinajstić information content (AvgIpc) is 2.43. The maximum Gasteiger partial charge on any atom is 0.0585 e. The number of hydrogen-bond donors (Lipinski definition) is 1. The lowest BCUT2D eigenvalue weighted by Gasteiger charge is -2.29. The van der Waals surface area contributed by atoms with Crippen LogP contribution in [0.3, 0.4) is 0 Å². The third-order valence-corrected chi connectivity index (χ3v) is 3.74. The van der Waals surface area contributed by atoms with Crippen molar-refractivity contribution in [3.05, 3.63) is 82.4 Å². The Hall–Kier alpha value is -1.57. The monoisotopic (exact) mass is 269 g/mol. The van der Waals surface area contributed by atoms with Crippen LogP contribution in [0.15, 0.2) is 60.1 Å². The number of rotatable bonds is 3. The first-order chi connectivity index (χ1) is 9.25. The Kier molecular flexibility index (Phi) is 3.41. The van der Waals surface area contributed by atoms with Crippen LogP contribution in [0, 0.1) is 0 Å². The van der Waals surface area contributed by atoms with Crippen molar-refractivity contribution in [1.29, 1.82) is 0 Å². The van der Waals surface area contributed by atoms with Crippen LogP contribution in [0.2, 0.25) is 0 Å². The molecule has 0 saturated carbocycles. The lowest BCUT2D eigenvalue weighted by Crippen LogP contribution is -2.28. The van der Waals surface area contributed by atoms with E-state index in [4.69, 9.17) is 11.6 Å². The molecular weight excluding hydrogens is 254 g/mol. The second kappa shape index (κ2) is 5.20. The van der Waals surface area contributed by atoms with E-state index < -0.39 is 0 Å². The van der Waals surface area contributed by atoms with E-state index in [0.29, 0.717) is 11.6 Å². The Morgan fingerprint density at radius 2 is 1.58 bits per heavy atom.